The molecule has 27 heavy (non-hydrogen) atoms. The maximum atomic E-state index is 2.64. The summed E-state index contributed by atoms with van der Waals surface area (Å²) in [6.07, 6.45) is 13.4. The molecular formula is C25H36N2. The minimum atomic E-state index is 0.701. The summed E-state index contributed by atoms with van der Waals surface area (Å²) < 4.78 is 0. The summed E-state index contributed by atoms with van der Waals surface area (Å²) in [6, 6.07) is 9.36. The van der Waals surface area contributed by atoms with Gasteiger partial charge in [-0.1, -0.05) is 42.2 Å². The van der Waals surface area contributed by atoms with E-state index in [2.05, 4.69) is 54.1 Å². The zero-order valence-electron chi connectivity index (χ0n) is 17.3. The molecule has 0 aromatic heterocycles. The van der Waals surface area contributed by atoms with Gasteiger partial charge in [0.05, 0.1) is 0 Å². The molecule has 1 saturated heterocycles. The highest BCUT2D eigenvalue weighted by Gasteiger charge is 2.28. The summed E-state index contributed by atoms with van der Waals surface area (Å²) in [5, 5.41) is 0. The fraction of sp³-hybridized carbons (Fsp3) is 0.600. The van der Waals surface area contributed by atoms with Crippen LogP contribution in [0.15, 0.2) is 41.5 Å². The number of piperidine rings is 1. The van der Waals surface area contributed by atoms with Crippen LogP contribution in [0.4, 0.5) is 5.69 Å². The van der Waals surface area contributed by atoms with Gasteiger partial charge in [-0.15, -0.1) is 0 Å². The van der Waals surface area contributed by atoms with Crippen LogP contribution in [0.1, 0.15) is 63.9 Å². The molecule has 2 aliphatic carbocycles. The van der Waals surface area contributed by atoms with Crippen molar-refractivity contribution in [1.29, 1.82) is 0 Å². The van der Waals surface area contributed by atoms with E-state index in [1.807, 2.05) is 0 Å². The van der Waals surface area contributed by atoms with Crippen LogP contribution in [0.5, 0.6) is 0 Å². The highest BCUT2D eigenvalue weighted by molar-refractivity contribution is 5.77. The Kier molecular flexibility index (Phi) is 6.02. The lowest BCUT2D eigenvalue weighted by molar-refractivity contribution is 0.227. The molecule has 0 bridgehead atoms. The molecule has 0 spiro atoms. The first-order chi connectivity index (χ1) is 13.2. The second-order valence-electron chi connectivity index (χ2n) is 8.83. The average Bonchev–Trinajstić information content (AvgIpc) is 3.06. The Hall–Kier alpha value is -1.54. The molecule has 0 amide bonds. The van der Waals surface area contributed by atoms with E-state index >= 15 is 0 Å². The van der Waals surface area contributed by atoms with Crippen LogP contribution >= 0.6 is 0 Å². The summed E-state index contributed by atoms with van der Waals surface area (Å²) in [5.74, 6) is 0.701. The van der Waals surface area contributed by atoms with Crippen LogP contribution in [0.3, 0.4) is 0 Å². The minimum absolute atomic E-state index is 0.701. The van der Waals surface area contributed by atoms with Gasteiger partial charge in [-0.05, 0) is 88.4 Å². The van der Waals surface area contributed by atoms with Crippen molar-refractivity contribution in [2.75, 3.05) is 38.1 Å². The molecule has 0 N–H and O–H groups in total. The lowest BCUT2D eigenvalue weighted by atomic mass is 9.80. The minimum Gasteiger partial charge on any atom is -0.375 e. The summed E-state index contributed by atoms with van der Waals surface area (Å²) in [5.41, 5.74) is 7.61. The van der Waals surface area contributed by atoms with Gasteiger partial charge in [0, 0.05) is 25.2 Å². The van der Waals surface area contributed by atoms with Gasteiger partial charge in [-0.25, -0.2) is 0 Å². The Morgan fingerprint density at radius 3 is 2.56 bits per heavy atom. The third-order valence-corrected chi connectivity index (χ3v) is 6.92. The van der Waals surface area contributed by atoms with E-state index in [4.69, 9.17) is 0 Å². The molecule has 1 unspecified atom stereocenters. The molecule has 4 rings (SSSR count). The molecule has 2 nitrogen and oxygen atoms in total. The Balaban J connectivity index is 1.33. The maximum Gasteiger partial charge on any atom is 0.0364 e. The third-order valence-electron chi connectivity index (χ3n) is 6.92. The van der Waals surface area contributed by atoms with Gasteiger partial charge in [-0.2, -0.15) is 0 Å². The normalized spacial score (nSPS) is 23.3. The molecule has 2 heteroatoms. The van der Waals surface area contributed by atoms with Crippen LogP contribution in [0.2, 0.25) is 0 Å². The molecule has 1 aliphatic heterocycles. The molecule has 0 radical (unpaired) electrons. The summed E-state index contributed by atoms with van der Waals surface area (Å²) in [6.45, 7) is 7.33. The van der Waals surface area contributed by atoms with E-state index in [9.17, 15) is 0 Å². The molecule has 1 heterocycles. The first-order valence-corrected chi connectivity index (χ1v) is 11.2. The van der Waals surface area contributed by atoms with Crippen molar-refractivity contribution in [3.63, 3.8) is 0 Å². The maximum absolute atomic E-state index is 2.64. The van der Waals surface area contributed by atoms with Crippen LogP contribution in [0.25, 0.3) is 5.57 Å². The van der Waals surface area contributed by atoms with Crippen LogP contribution in [-0.2, 0) is 0 Å². The van der Waals surface area contributed by atoms with E-state index in [0.717, 1.165) is 6.54 Å². The van der Waals surface area contributed by atoms with Crippen molar-refractivity contribution in [2.45, 2.75) is 58.3 Å². The number of likely N-dealkylation sites (tertiary alicyclic amines) is 1. The number of hydrogen-bond donors (Lipinski definition) is 0. The average molecular weight is 365 g/mol. The number of fused-ring (bicyclic) bond motifs is 1. The lowest BCUT2D eigenvalue weighted by Crippen LogP contribution is -2.32. The second-order valence-corrected chi connectivity index (χ2v) is 8.83. The van der Waals surface area contributed by atoms with Gasteiger partial charge >= 0.3 is 0 Å². The van der Waals surface area contributed by atoms with Crippen molar-refractivity contribution in [3.8, 4) is 0 Å². The highest BCUT2D eigenvalue weighted by Crippen LogP contribution is 2.45. The first-order valence-electron chi connectivity index (χ1n) is 11.2. The Morgan fingerprint density at radius 1 is 1.00 bits per heavy atom. The molecule has 1 aromatic rings. The van der Waals surface area contributed by atoms with Crippen LogP contribution in [-0.4, -0.2) is 38.1 Å². The van der Waals surface area contributed by atoms with Gasteiger partial charge in [-0.3, -0.25) is 0 Å². The largest absolute Gasteiger partial charge is 0.375 e. The third kappa shape index (κ3) is 4.32. The number of allylic oxidation sites excluding steroid dienone is 4. The van der Waals surface area contributed by atoms with Gasteiger partial charge in [0.2, 0.25) is 0 Å². The van der Waals surface area contributed by atoms with Crippen molar-refractivity contribution >= 4 is 11.3 Å². The summed E-state index contributed by atoms with van der Waals surface area (Å²) >= 11 is 0. The van der Waals surface area contributed by atoms with Gasteiger partial charge < -0.3 is 9.80 Å². The van der Waals surface area contributed by atoms with Crippen LogP contribution < -0.4 is 4.90 Å². The Morgan fingerprint density at radius 2 is 1.78 bits per heavy atom. The molecular weight excluding hydrogens is 328 g/mol. The SMILES string of the molecule is CC1=C2CCCCC2C(c2ccc(N(C)CCCN3CCCCC3)cc2)=C1. The Bertz CT molecular complexity index is 692. The van der Waals surface area contributed by atoms with E-state index in [-0.39, 0.29) is 0 Å². The van der Waals surface area contributed by atoms with Crippen LogP contribution in [0, 0.1) is 5.92 Å². The summed E-state index contributed by atoms with van der Waals surface area (Å²) in [7, 11) is 2.24. The fourth-order valence-corrected chi connectivity index (χ4v) is 5.29. The van der Waals surface area contributed by atoms with E-state index in [1.54, 1.807) is 11.1 Å². The molecule has 2 fully saturated rings. The lowest BCUT2D eigenvalue weighted by Gasteiger charge is -2.28. The number of anilines is 1. The first kappa shape index (κ1) is 18.8. The zero-order chi connectivity index (χ0) is 18.6. The molecule has 146 valence electrons. The second kappa shape index (κ2) is 8.65. The van der Waals surface area contributed by atoms with Gasteiger partial charge in [0.15, 0.2) is 0 Å². The smallest absolute Gasteiger partial charge is 0.0364 e. The summed E-state index contributed by atoms with van der Waals surface area (Å²) in [4.78, 5) is 5.07. The van der Waals surface area contributed by atoms with Crippen molar-refractivity contribution in [2.24, 2.45) is 5.92 Å². The number of benzene rings is 1. The number of nitrogens with zero attached hydrogens (tertiary/aromatic N) is 2. The zero-order valence-corrected chi connectivity index (χ0v) is 17.3. The Labute approximate surface area is 165 Å². The predicted molar refractivity (Wildman–Crippen MR) is 117 cm³/mol. The quantitative estimate of drug-likeness (QED) is 0.620. The van der Waals surface area contributed by atoms with Crippen molar-refractivity contribution in [1.82, 2.24) is 4.90 Å². The standard InChI is InChI=1S/C25H36N2/c1-20-19-25(24-10-5-4-9-23(20)24)21-11-13-22(14-12-21)26(2)15-8-18-27-16-6-3-7-17-27/h11-14,19,24H,3-10,15-18H2,1-2H3. The van der Waals surface area contributed by atoms with E-state index in [1.165, 1.54) is 87.8 Å². The molecule has 1 atom stereocenters. The van der Waals surface area contributed by atoms with Gasteiger partial charge in [0.25, 0.3) is 0 Å². The van der Waals surface area contributed by atoms with Crippen molar-refractivity contribution in [3.05, 3.63) is 47.1 Å². The topological polar surface area (TPSA) is 6.48 Å². The molecule has 1 aromatic carbocycles. The van der Waals surface area contributed by atoms with E-state index < -0.39 is 0 Å². The van der Waals surface area contributed by atoms with Crippen molar-refractivity contribution < 1.29 is 0 Å². The predicted octanol–water partition coefficient (Wildman–Crippen LogP) is 5.90. The number of hydrogen-bond acceptors (Lipinski definition) is 2. The fourth-order valence-electron chi connectivity index (χ4n) is 5.29. The van der Waals surface area contributed by atoms with E-state index in [0.29, 0.717) is 5.92 Å². The molecule has 1 saturated carbocycles. The highest BCUT2D eigenvalue weighted by atomic mass is 15.1. The number of rotatable bonds is 6. The monoisotopic (exact) mass is 364 g/mol. The molecule has 3 aliphatic rings. The van der Waals surface area contributed by atoms with Gasteiger partial charge in [0.1, 0.15) is 0 Å².